The van der Waals surface area contributed by atoms with Gasteiger partial charge in [0, 0.05) is 12.1 Å². The molecule has 136 valence electrons. The monoisotopic (exact) mass is 356 g/mol. The Morgan fingerprint density at radius 2 is 1.44 bits per heavy atom. The summed E-state index contributed by atoms with van der Waals surface area (Å²) in [5.74, 6) is 1.95. The maximum absolute atomic E-state index is 5.58. The fraction of sp³-hybridized carbons (Fsp3) is 0.208. The molecule has 1 aliphatic heterocycles. The highest BCUT2D eigenvalue weighted by Gasteiger charge is 2.28. The molecule has 0 saturated carbocycles. The molecule has 0 N–H and O–H groups in total. The van der Waals surface area contributed by atoms with E-state index in [1.54, 1.807) is 0 Å². The van der Waals surface area contributed by atoms with Crippen LogP contribution in [0, 0.1) is 0 Å². The van der Waals surface area contributed by atoms with Crippen molar-refractivity contribution in [2.24, 2.45) is 4.99 Å². The Morgan fingerprint density at radius 1 is 0.852 bits per heavy atom. The lowest BCUT2D eigenvalue weighted by molar-refractivity contribution is 0.340. The van der Waals surface area contributed by atoms with Crippen LogP contribution in [0.15, 0.2) is 89.9 Å². The van der Waals surface area contributed by atoms with Gasteiger partial charge >= 0.3 is 0 Å². The molecule has 0 saturated heterocycles. The number of aliphatic imine (C=N–C) groups is 1. The molecule has 1 heterocycles. The van der Waals surface area contributed by atoms with Crippen molar-refractivity contribution in [2.75, 3.05) is 19.7 Å². The van der Waals surface area contributed by atoms with Crippen LogP contribution >= 0.6 is 0 Å². The summed E-state index contributed by atoms with van der Waals surface area (Å²) in [6.45, 7) is 4.41. The summed E-state index contributed by atoms with van der Waals surface area (Å²) in [4.78, 5) is 7.25. The SMILES string of the molecule is CCOc1ccc(C2=NCCN2C(c2ccccc2)c2ccccc2)cc1. The Morgan fingerprint density at radius 3 is 2.00 bits per heavy atom. The molecule has 0 fully saturated rings. The third-order valence-corrected chi connectivity index (χ3v) is 4.84. The molecule has 27 heavy (non-hydrogen) atoms. The van der Waals surface area contributed by atoms with Crippen molar-refractivity contribution in [1.82, 2.24) is 4.90 Å². The first-order valence-electron chi connectivity index (χ1n) is 9.51. The van der Waals surface area contributed by atoms with Gasteiger partial charge < -0.3 is 9.64 Å². The smallest absolute Gasteiger partial charge is 0.131 e. The fourth-order valence-electron chi connectivity index (χ4n) is 3.66. The van der Waals surface area contributed by atoms with E-state index in [2.05, 4.69) is 77.7 Å². The van der Waals surface area contributed by atoms with Crippen LogP contribution in [-0.2, 0) is 0 Å². The molecule has 3 aromatic carbocycles. The zero-order valence-corrected chi connectivity index (χ0v) is 15.6. The van der Waals surface area contributed by atoms with Crippen molar-refractivity contribution in [3.05, 3.63) is 102 Å². The van der Waals surface area contributed by atoms with Crippen molar-refractivity contribution < 1.29 is 4.74 Å². The summed E-state index contributed by atoms with van der Waals surface area (Å²) in [5.41, 5.74) is 3.70. The lowest BCUT2D eigenvalue weighted by atomic mass is 9.96. The summed E-state index contributed by atoms with van der Waals surface area (Å²) < 4.78 is 5.58. The second kappa shape index (κ2) is 8.09. The predicted octanol–water partition coefficient (Wildman–Crippen LogP) is 4.94. The van der Waals surface area contributed by atoms with E-state index in [1.807, 2.05) is 19.1 Å². The molecule has 3 aromatic rings. The van der Waals surface area contributed by atoms with Crippen molar-refractivity contribution in [2.45, 2.75) is 13.0 Å². The first-order chi connectivity index (χ1) is 13.4. The summed E-state index contributed by atoms with van der Waals surface area (Å²) in [6, 6.07) is 29.8. The van der Waals surface area contributed by atoms with Crippen LogP contribution in [0.2, 0.25) is 0 Å². The summed E-state index contributed by atoms with van der Waals surface area (Å²) >= 11 is 0. The highest BCUT2D eigenvalue weighted by atomic mass is 16.5. The molecule has 0 unspecified atom stereocenters. The molecule has 0 radical (unpaired) electrons. The van der Waals surface area contributed by atoms with E-state index >= 15 is 0 Å². The average Bonchev–Trinajstić information content (AvgIpc) is 3.20. The fourth-order valence-corrected chi connectivity index (χ4v) is 3.66. The van der Waals surface area contributed by atoms with Gasteiger partial charge in [-0.15, -0.1) is 0 Å². The molecule has 1 aliphatic rings. The molecule has 0 atom stereocenters. The zero-order chi connectivity index (χ0) is 18.5. The van der Waals surface area contributed by atoms with Gasteiger partial charge in [-0.3, -0.25) is 4.99 Å². The molecule has 0 bridgehead atoms. The Hall–Kier alpha value is -3.07. The van der Waals surface area contributed by atoms with E-state index in [0.29, 0.717) is 6.61 Å². The largest absolute Gasteiger partial charge is 0.494 e. The van der Waals surface area contributed by atoms with Gasteiger partial charge in [0.05, 0.1) is 19.2 Å². The van der Waals surface area contributed by atoms with Crippen LogP contribution in [0.4, 0.5) is 0 Å². The number of hydrogen-bond acceptors (Lipinski definition) is 3. The van der Waals surface area contributed by atoms with E-state index in [-0.39, 0.29) is 6.04 Å². The molecule has 4 rings (SSSR count). The number of rotatable bonds is 6. The normalized spacial score (nSPS) is 13.7. The van der Waals surface area contributed by atoms with E-state index in [1.165, 1.54) is 11.1 Å². The molecule has 0 spiro atoms. The van der Waals surface area contributed by atoms with Crippen LogP contribution in [0.5, 0.6) is 5.75 Å². The van der Waals surface area contributed by atoms with Crippen LogP contribution < -0.4 is 4.74 Å². The van der Waals surface area contributed by atoms with Gasteiger partial charge in [-0.2, -0.15) is 0 Å². The predicted molar refractivity (Wildman–Crippen MR) is 110 cm³/mol. The Bertz CT molecular complexity index is 849. The van der Waals surface area contributed by atoms with E-state index in [0.717, 1.165) is 30.2 Å². The topological polar surface area (TPSA) is 24.8 Å². The van der Waals surface area contributed by atoms with Gasteiger partial charge in [0.2, 0.25) is 0 Å². The molecule has 3 heteroatoms. The maximum Gasteiger partial charge on any atom is 0.131 e. The minimum absolute atomic E-state index is 0.153. The third-order valence-electron chi connectivity index (χ3n) is 4.84. The zero-order valence-electron chi connectivity index (χ0n) is 15.6. The third kappa shape index (κ3) is 3.72. The van der Waals surface area contributed by atoms with Gasteiger partial charge in [0.25, 0.3) is 0 Å². The van der Waals surface area contributed by atoms with E-state index in [9.17, 15) is 0 Å². The van der Waals surface area contributed by atoms with Crippen molar-refractivity contribution in [3.63, 3.8) is 0 Å². The molecule has 0 amide bonds. The van der Waals surface area contributed by atoms with Crippen LogP contribution in [-0.4, -0.2) is 30.4 Å². The quantitative estimate of drug-likeness (QED) is 0.625. The van der Waals surface area contributed by atoms with E-state index < -0.39 is 0 Å². The van der Waals surface area contributed by atoms with E-state index in [4.69, 9.17) is 9.73 Å². The van der Waals surface area contributed by atoms with Gasteiger partial charge in [0.15, 0.2) is 0 Å². The Kier molecular flexibility index (Phi) is 5.20. The summed E-state index contributed by atoms with van der Waals surface area (Å²) in [5, 5.41) is 0. The first kappa shape index (κ1) is 17.3. The number of nitrogens with zero attached hydrogens (tertiary/aromatic N) is 2. The molecular weight excluding hydrogens is 332 g/mol. The lowest BCUT2D eigenvalue weighted by Gasteiger charge is -2.32. The van der Waals surface area contributed by atoms with Crippen LogP contribution in [0.1, 0.15) is 29.7 Å². The second-order valence-electron chi connectivity index (χ2n) is 6.58. The van der Waals surface area contributed by atoms with Gasteiger partial charge in [-0.1, -0.05) is 60.7 Å². The minimum atomic E-state index is 0.153. The average molecular weight is 356 g/mol. The van der Waals surface area contributed by atoms with Crippen LogP contribution in [0.3, 0.4) is 0 Å². The minimum Gasteiger partial charge on any atom is -0.494 e. The molecule has 0 aliphatic carbocycles. The number of amidine groups is 1. The second-order valence-corrected chi connectivity index (χ2v) is 6.58. The van der Waals surface area contributed by atoms with Crippen LogP contribution in [0.25, 0.3) is 0 Å². The first-order valence-corrected chi connectivity index (χ1v) is 9.51. The molecule has 3 nitrogen and oxygen atoms in total. The van der Waals surface area contributed by atoms with Crippen molar-refractivity contribution in [1.29, 1.82) is 0 Å². The van der Waals surface area contributed by atoms with Gasteiger partial charge in [0.1, 0.15) is 11.6 Å². The standard InChI is InChI=1S/C24H24N2O/c1-2-27-22-15-13-21(14-16-22)24-25-17-18-26(24)23(19-9-5-3-6-10-19)20-11-7-4-8-12-20/h3-16,23H,2,17-18H2,1H3. The van der Waals surface area contributed by atoms with Crippen molar-refractivity contribution in [3.8, 4) is 5.75 Å². The van der Waals surface area contributed by atoms with Crippen molar-refractivity contribution >= 4 is 5.84 Å². The Labute approximate surface area is 160 Å². The highest BCUT2D eigenvalue weighted by molar-refractivity contribution is 6.00. The van der Waals surface area contributed by atoms with Gasteiger partial charge in [-0.25, -0.2) is 0 Å². The highest BCUT2D eigenvalue weighted by Crippen LogP contribution is 2.32. The lowest BCUT2D eigenvalue weighted by Crippen LogP contribution is -2.33. The number of benzene rings is 3. The summed E-state index contributed by atoms with van der Waals surface area (Å²) in [7, 11) is 0. The maximum atomic E-state index is 5.58. The molecular formula is C24H24N2O. The Balaban J connectivity index is 1.70. The molecule has 0 aromatic heterocycles. The number of hydrogen-bond donors (Lipinski definition) is 0. The van der Waals surface area contributed by atoms with Gasteiger partial charge in [-0.05, 0) is 42.3 Å². The number of ether oxygens (including phenoxy) is 1. The summed E-state index contributed by atoms with van der Waals surface area (Å²) in [6.07, 6.45) is 0.